The summed E-state index contributed by atoms with van der Waals surface area (Å²) < 4.78 is 26.8. The first kappa shape index (κ1) is 15.6. The van der Waals surface area contributed by atoms with Crippen LogP contribution in [-0.4, -0.2) is 18.4 Å². The van der Waals surface area contributed by atoms with E-state index in [1.165, 1.54) is 53.4 Å². The maximum atomic E-state index is 13.8. The summed E-state index contributed by atoms with van der Waals surface area (Å²) in [6, 6.07) is 10.7. The second kappa shape index (κ2) is 6.80. The number of carbonyl (C=O) groups excluding carboxylic acids is 2. The van der Waals surface area contributed by atoms with Gasteiger partial charge in [-0.2, -0.15) is 0 Å². The Morgan fingerprint density at radius 2 is 1.64 bits per heavy atom. The molecule has 0 heterocycles. The molecule has 4 nitrogen and oxygen atoms in total. The van der Waals surface area contributed by atoms with Crippen LogP contribution >= 0.6 is 0 Å². The van der Waals surface area contributed by atoms with E-state index in [0.717, 1.165) is 0 Å². The number of primary amides is 1. The van der Waals surface area contributed by atoms with Gasteiger partial charge in [0.05, 0.1) is 5.56 Å². The first-order valence-corrected chi connectivity index (χ1v) is 6.59. The van der Waals surface area contributed by atoms with Gasteiger partial charge in [-0.15, -0.1) is 0 Å². The van der Waals surface area contributed by atoms with Crippen LogP contribution in [0.3, 0.4) is 0 Å². The Kier molecular flexibility index (Phi) is 4.83. The first-order valence-electron chi connectivity index (χ1n) is 6.59. The number of nitrogens with two attached hydrogens (primary N) is 1. The van der Waals surface area contributed by atoms with Crippen molar-refractivity contribution in [2.24, 2.45) is 5.73 Å². The van der Waals surface area contributed by atoms with Gasteiger partial charge in [-0.3, -0.25) is 9.59 Å². The molecule has 0 aliphatic heterocycles. The molecule has 0 aromatic heterocycles. The standard InChI is InChI=1S/C16H14F2N2O2/c17-11-5-7-12(8-6-11)20(10-9-15(19)21)16(22)13-3-1-2-4-14(13)18/h1-8H,9-10H2,(H2,19,21). The third-order valence-electron chi connectivity index (χ3n) is 3.07. The average Bonchev–Trinajstić information content (AvgIpc) is 2.49. The molecule has 2 rings (SSSR count). The summed E-state index contributed by atoms with van der Waals surface area (Å²) in [5, 5.41) is 0. The molecule has 22 heavy (non-hydrogen) atoms. The molecule has 0 bridgehead atoms. The number of hydrogen-bond acceptors (Lipinski definition) is 2. The molecule has 0 atom stereocenters. The van der Waals surface area contributed by atoms with Crippen LogP contribution in [0.4, 0.5) is 14.5 Å². The molecule has 0 saturated carbocycles. The van der Waals surface area contributed by atoms with E-state index >= 15 is 0 Å². The molecule has 0 aliphatic carbocycles. The lowest BCUT2D eigenvalue weighted by atomic mass is 10.1. The highest BCUT2D eigenvalue weighted by molar-refractivity contribution is 6.06. The predicted molar refractivity (Wildman–Crippen MR) is 78.3 cm³/mol. The number of carbonyl (C=O) groups is 2. The molecule has 0 aliphatic rings. The lowest BCUT2D eigenvalue weighted by Gasteiger charge is -2.22. The molecule has 0 fully saturated rings. The average molecular weight is 304 g/mol. The fourth-order valence-corrected chi connectivity index (χ4v) is 1.97. The van der Waals surface area contributed by atoms with Gasteiger partial charge < -0.3 is 10.6 Å². The SMILES string of the molecule is NC(=O)CCN(C(=O)c1ccccc1F)c1ccc(F)cc1. The molecule has 0 unspecified atom stereocenters. The van der Waals surface area contributed by atoms with Crippen molar-refractivity contribution in [2.45, 2.75) is 6.42 Å². The van der Waals surface area contributed by atoms with Gasteiger partial charge in [-0.25, -0.2) is 8.78 Å². The lowest BCUT2D eigenvalue weighted by molar-refractivity contribution is -0.117. The normalized spacial score (nSPS) is 10.3. The Hall–Kier alpha value is -2.76. The molecule has 0 saturated heterocycles. The van der Waals surface area contributed by atoms with Crippen LogP contribution in [0, 0.1) is 11.6 Å². The van der Waals surface area contributed by atoms with Crippen LogP contribution in [0.15, 0.2) is 48.5 Å². The highest BCUT2D eigenvalue weighted by Gasteiger charge is 2.21. The number of rotatable bonds is 5. The van der Waals surface area contributed by atoms with Gasteiger partial charge >= 0.3 is 0 Å². The lowest BCUT2D eigenvalue weighted by Crippen LogP contribution is -2.34. The summed E-state index contributed by atoms with van der Waals surface area (Å²) in [4.78, 5) is 24.7. The number of hydrogen-bond donors (Lipinski definition) is 1. The van der Waals surface area contributed by atoms with Crippen molar-refractivity contribution in [3.8, 4) is 0 Å². The van der Waals surface area contributed by atoms with Gasteiger partial charge in [-0.05, 0) is 36.4 Å². The van der Waals surface area contributed by atoms with Crippen molar-refractivity contribution in [1.82, 2.24) is 0 Å². The molecule has 114 valence electrons. The van der Waals surface area contributed by atoms with E-state index in [0.29, 0.717) is 5.69 Å². The minimum absolute atomic E-state index is 0.0197. The van der Waals surface area contributed by atoms with Crippen LogP contribution < -0.4 is 10.6 Å². The molecular weight excluding hydrogens is 290 g/mol. The van der Waals surface area contributed by atoms with Gasteiger partial charge in [0.15, 0.2) is 0 Å². The monoisotopic (exact) mass is 304 g/mol. The topological polar surface area (TPSA) is 63.4 Å². The molecule has 0 radical (unpaired) electrons. The van der Waals surface area contributed by atoms with E-state index in [9.17, 15) is 18.4 Å². The van der Waals surface area contributed by atoms with Crippen molar-refractivity contribution in [2.75, 3.05) is 11.4 Å². The zero-order valence-electron chi connectivity index (χ0n) is 11.6. The Morgan fingerprint density at radius 3 is 2.23 bits per heavy atom. The van der Waals surface area contributed by atoms with Crippen LogP contribution in [0.2, 0.25) is 0 Å². The quantitative estimate of drug-likeness (QED) is 0.922. The van der Waals surface area contributed by atoms with Gasteiger partial charge in [0, 0.05) is 18.7 Å². The van der Waals surface area contributed by atoms with E-state index in [2.05, 4.69) is 0 Å². The van der Waals surface area contributed by atoms with Gasteiger partial charge in [0.25, 0.3) is 5.91 Å². The minimum atomic E-state index is -0.668. The van der Waals surface area contributed by atoms with Crippen LogP contribution in [-0.2, 0) is 4.79 Å². The molecule has 2 N–H and O–H groups in total. The highest BCUT2D eigenvalue weighted by atomic mass is 19.1. The smallest absolute Gasteiger partial charge is 0.261 e. The van der Waals surface area contributed by atoms with Gasteiger partial charge in [0.1, 0.15) is 11.6 Å². The third-order valence-corrected chi connectivity index (χ3v) is 3.07. The molecule has 0 spiro atoms. The first-order chi connectivity index (χ1) is 10.5. The predicted octanol–water partition coefficient (Wildman–Crippen LogP) is 2.49. The molecule has 2 aromatic rings. The Bertz CT molecular complexity index is 687. The van der Waals surface area contributed by atoms with Crippen molar-refractivity contribution >= 4 is 17.5 Å². The second-order valence-electron chi connectivity index (χ2n) is 4.63. The summed E-state index contributed by atoms with van der Waals surface area (Å²) >= 11 is 0. The summed E-state index contributed by atoms with van der Waals surface area (Å²) in [6.45, 7) is -0.0197. The van der Waals surface area contributed by atoms with Crippen molar-refractivity contribution in [3.63, 3.8) is 0 Å². The zero-order valence-corrected chi connectivity index (χ0v) is 11.6. The second-order valence-corrected chi connectivity index (χ2v) is 4.63. The number of benzene rings is 2. The molecular formula is C16H14F2N2O2. The number of halogens is 2. The van der Waals surface area contributed by atoms with Crippen LogP contribution in [0.5, 0.6) is 0 Å². The van der Waals surface area contributed by atoms with Crippen LogP contribution in [0.1, 0.15) is 16.8 Å². The van der Waals surface area contributed by atoms with Crippen molar-refractivity contribution in [1.29, 1.82) is 0 Å². The van der Waals surface area contributed by atoms with Crippen LogP contribution in [0.25, 0.3) is 0 Å². The van der Waals surface area contributed by atoms with Gasteiger partial charge in [0.2, 0.25) is 5.91 Å². The molecule has 6 heteroatoms. The summed E-state index contributed by atoms with van der Waals surface area (Å²) in [5.41, 5.74) is 5.33. The summed E-state index contributed by atoms with van der Waals surface area (Å²) in [5.74, 6) is -2.34. The van der Waals surface area contributed by atoms with E-state index in [1.54, 1.807) is 0 Å². The third kappa shape index (κ3) is 3.66. The Morgan fingerprint density at radius 1 is 1.00 bits per heavy atom. The maximum Gasteiger partial charge on any atom is 0.261 e. The highest BCUT2D eigenvalue weighted by Crippen LogP contribution is 2.19. The van der Waals surface area contributed by atoms with E-state index in [-0.39, 0.29) is 18.5 Å². The van der Waals surface area contributed by atoms with E-state index in [4.69, 9.17) is 5.73 Å². The van der Waals surface area contributed by atoms with Gasteiger partial charge in [-0.1, -0.05) is 12.1 Å². The molecule has 2 amide bonds. The Labute approximate surface area is 126 Å². The summed E-state index contributed by atoms with van der Waals surface area (Å²) in [7, 11) is 0. The number of anilines is 1. The van der Waals surface area contributed by atoms with E-state index in [1.807, 2.05) is 0 Å². The fraction of sp³-hybridized carbons (Fsp3) is 0.125. The van der Waals surface area contributed by atoms with Crippen molar-refractivity contribution < 1.29 is 18.4 Å². The van der Waals surface area contributed by atoms with E-state index < -0.39 is 23.4 Å². The fourth-order valence-electron chi connectivity index (χ4n) is 1.97. The zero-order chi connectivity index (χ0) is 16.1. The summed E-state index contributed by atoms with van der Waals surface area (Å²) in [6.07, 6.45) is -0.0857. The maximum absolute atomic E-state index is 13.8. The minimum Gasteiger partial charge on any atom is -0.370 e. The number of amides is 2. The largest absolute Gasteiger partial charge is 0.370 e. The Balaban J connectivity index is 2.35. The number of nitrogens with zero attached hydrogens (tertiary/aromatic N) is 1. The van der Waals surface area contributed by atoms with Crippen molar-refractivity contribution in [3.05, 3.63) is 65.7 Å². The molecule has 2 aromatic carbocycles.